The van der Waals surface area contributed by atoms with Crippen LogP contribution in [0, 0.1) is 17.1 Å². The number of carbonyl (C=O) groups excluding carboxylic acids is 1. The van der Waals surface area contributed by atoms with E-state index in [0.29, 0.717) is 12.8 Å². The summed E-state index contributed by atoms with van der Waals surface area (Å²) in [6, 6.07) is 8.07. The Hall–Kier alpha value is -2.97. The van der Waals surface area contributed by atoms with E-state index >= 15 is 0 Å². The van der Waals surface area contributed by atoms with Crippen LogP contribution in [0.4, 0.5) is 17.6 Å². The van der Waals surface area contributed by atoms with Crippen molar-refractivity contribution < 1.29 is 30.8 Å². The summed E-state index contributed by atoms with van der Waals surface area (Å²) < 4.78 is 80.2. The fraction of sp³-hybridized carbons (Fsp3) is 0.333. The number of carbonyl (C=O) groups is 1. The molecule has 2 atom stereocenters. The Morgan fingerprint density at radius 1 is 1.09 bits per heavy atom. The highest BCUT2D eigenvalue weighted by Crippen LogP contribution is 2.36. The summed E-state index contributed by atoms with van der Waals surface area (Å²) in [5.41, 5.74) is -1.60. The highest BCUT2D eigenvalue weighted by Gasteiger charge is 2.48. The number of sulfone groups is 1. The van der Waals surface area contributed by atoms with Gasteiger partial charge in [0.25, 0.3) is 0 Å². The zero-order valence-corrected chi connectivity index (χ0v) is 17.4. The van der Waals surface area contributed by atoms with Crippen LogP contribution in [0.5, 0.6) is 0 Å². The highest BCUT2D eigenvalue weighted by molar-refractivity contribution is 7.91. The van der Waals surface area contributed by atoms with Gasteiger partial charge in [0.05, 0.1) is 16.7 Å². The van der Waals surface area contributed by atoms with Crippen molar-refractivity contribution in [1.82, 2.24) is 10.6 Å². The van der Waals surface area contributed by atoms with Crippen molar-refractivity contribution in [3.63, 3.8) is 0 Å². The molecule has 3 rings (SSSR count). The normalized spacial score (nSPS) is 17.1. The van der Waals surface area contributed by atoms with Gasteiger partial charge in [0.1, 0.15) is 23.4 Å². The second-order valence-electron chi connectivity index (χ2n) is 7.52. The minimum atomic E-state index is -4.92. The molecule has 2 N–H and O–H groups in total. The van der Waals surface area contributed by atoms with Gasteiger partial charge >= 0.3 is 6.18 Å². The number of halogens is 4. The zero-order valence-electron chi connectivity index (χ0n) is 16.6. The zero-order chi connectivity index (χ0) is 23.6. The van der Waals surface area contributed by atoms with E-state index in [1.54, 1.807) is 6.07 Å². The summed E-state index contributed by atoms with van der Waals surface area (Å²) in [5, 5.41) is 13.6. The minimum absolute atomic E-state index is 0.161. The molecule has 1 fully saturated rings. The lowest BCUT2D eigenvalue weighted by atomic mass is 10.0. The minimum Gasteiger partial charge on any atom is -0.336 e. The predicted octanol–water partition coefficient (Wildman–Crippen LogP) is 3.03. The van der Waals surface area contributed by atoms with Crippen molar-refractivity contribution in [2.24, 2.45) is 0 Å². The molecule has 0 spiro atoms. The molecule has 0 unspecified atom stereocenters. The van der Waals surface area contributed by atoms with E-state index in [-0.39, 0.29) is 4.90 Å². The van der Waals surface area contributed by atoms with Crippen molar-refractivity contribution in [3.8, 4) is 6.07 Å². The molecular formula is C21H19F4N3O3S. The van der Waals surface area contributed by atoms with Gasteiger partial charge in [-0.25, -0.2) is 12.8 Å². The fourth-order valence-electron chi connectivity index (χ4n) is 3.09. The smallest absolute Gasteiger partial charge is 0.336 e. The van der Waals surface area contributed by atoms with Crippen molar-refractivity contribution >= 4 is 15.7 Å². The number of alkyl halides is 3. The topological polar surface area (TPSA) is 99.1 Å². The van der Waals surface area contributed by atoms with E-state index in [1.165, 1.54) is 24.3 Å². The maximum absolute atomic E-state index is 13.8. The Morgan fingerprint density at radius 2 is 1.69 bits per heavy atom. The second-order valence-corrected chi connectivity index (χ2v) is 9.56. The third kappa shape index (κ3) is 5.63. The number of rotatable bonds is 8. The number of hydrogen-bond donors (Lipinski definition) is 2. The Labute approximate surface area is 182 Å². The molecule has 170 valence electrons. The van der Waals surface area contributed by atoms with Crippen LogP contribution in [0.2, 0.25) is 0 Å². The molecule has 0 radical (unpaired) electrons. The van der Waals surface area contributed by atoms with Crippen LogP contribution in [-0.2, 0) is 14.6 Å². The summed E-state index contributed by atoms with van der Waals surface area (Å²) in [6.45, 7) is 0. The second kappa shape index (κ2) is 8.88. The third-order valence-electron chi connectivity index (χ3n) is 5.03. The monoisotopic (exact) mass is 469 g/mol. The maximum atomic E-state index is 13.8. The SMILES string of the molecule is N#CC1(NC(=O)[C@H](CS(=O)(=O)c2ccccc2)N[C@@H](c2ccc(F)cc2)C(F)(F)F)CC1. The average Bonchev–Trinajstić information content (AvgIpc) is 3.51. The van der Waals surface area contributed by atoms with E-state index in [9.17, 15) is 36.0 Å². The molecule has 2 aromatic rings. The van der Waals surface area contributed by atoms with Crippen LogP contribution in [0.15, 0.2) is 59.5 Å². The van der Waals surface area contributed by atoms with Crippen molar-refractivity contribution in [2.45, 2.75) is 41.5 Å². The Balaban J connectivity index is 1.94. The Bertz CT molecular complexity index is 1110. The van der Waals surface area contributed by atoms with Gasteiger partial charge in [0.2, 0.25) is 5.91 Å². The molecule has 0 bridgehead atoms. The predicted molar refractivity (Wildman–Crippen MR) is 106 cm³/mol. The van der Waals surface area contributed by atoms with Gasteiger partial charge in [-0.1, -0.05) is 30.3 Å². The van der Waals surface area contributed by atoms with E-state index < -0.39 is 56.7 Å². The van der Waals surface area contributed by atoms with Gasteiger partial charge in [0.15, 0.2) is 9.84 Å². The summed E-state index contributed by atoms with van der Waals surface area (Å²) >= 11 is 0. The summed E-state index contributed by atoms with van der Waals surface area (Å²) in [7, 11) is -4.16. The molecule has 2 aromatic carbocycles. The number of amides is 1. The quantitative estimate of drug-likeness (QED) is 0.579. The first-order valence-electron chi connectivity index (χ1n) is 9.55. The molecule has 1 aliphatic carbocycles. The largest absolute Gasteiger partial charge is 0.407 e. The molecule has 32 heavy (non-hydrogen) atoms. The van der Waals surface area contributed by atoms with Gasteiger partial charge in [-0.2, -0.15) is 18.4 Å². The number of nitriles is 1. The Morgan fingerprint density at radius 3 is 2.19 bits per heavy atom. The van der Waals surface area contributed by atoms with Crippen LogP contribution in [0.25, 0.3) is 0 Å². The van der Waals surface area contributed by atoms with Gasteiger partial charge in [-0.15, -0.1) is 0 Å². The summed E-state index contributed by atoms with van der Waals surface area (Å²) in [5.74, 6) is -2.77. The molecular weight excluding hydrogens is 450 g/mol. The van der Waals surface area contributed by atoms with Gasteiger partial charge in [0, 0.05) is 0 Å². The number of hydrogen-bond acceptors (Lipinski definition) is 5. The molecule has 1 amide bonds. The first-order chi connectivity index (χ1) is 15.0. The van der Waals surface area contributed by atoms with Gasteiger partial charge in [-0.05, 0) is 42.7 Å². The van der Waals surface area contributed by atoms with E-state index in [1.807, 2.05) is 6.07 Å². The van der Waals surface area contributed by atoms with E-state index in [2.05, 4.69) is 10.6 Å². The molecule has 0 saturated heterocycles. The summed E-state index contributed by atoms with van der Waals surface area (Å²) in [4.78, 5) is 12.6. The number of nitrogens with one attached hydrogen (secondary N) is 2. The van der Waals surface area contributed by atoms with Crippen LogP contribution in [-0.4, -0.2) is 37.8 Å². The van der Waals surface area contributed by atoms with Gasteiger partial charge < -0.3 is 5.32 Å². The molecule has 1 saturated carbocycles. The average molecular weight is 469 g/mol. The molecule has 11 heteroatoms. The Kier molecular flexibility index (Phi) is 6.57. The lowest BCUT2D eigenvalue weighted by molar-refractivity contribution is -0.160. The fourth-order valence-corrected chi connectivity index (χ4v) is 4.54. The maximum Gasteiger partial charge on any atom is 0.407 e. The van der Waals surface area contributed by atoms with Crippen LogP contribution in [0.3, 0.4) is 0 Å². The van der Waals surface area contributed by atoms with E-state index in [4.69, 9.17) is 0 Å². The highest BCUT2D eigenvalue weighted by atomic mass is 32.2. The molecule has 0 aliphatic heterocycles. The standard InChI is InChI=1S/C21H19F4N3O3S/c22-15-8-6-14(7-9-15)18(21(23,24)25)27-17(19(29)28-20(13-26)10-11-20)12-32(30,31)16-4-2-1-3-5-16/h1-9,17-18,27H,10-12H2,(H,28,29)/t17-,18-/m0/s1. The number of benzene rings is 2. The van der Waals surface area contributed by atoms with Crippen LogP contribution < -0.4 is 10.6 Å². The first-order valence-corrected chi connectivity index (χ1v) is 11.2. The van der Waals surface area contributed by atoms with E-state index in [0.717, 1.165) is 24.3 Å². The van der Waals surface area contributed by atoms with Crippen molar-refractivity contribution in [2.75, 3.05) is 5.75 Å². The molecule has 0 heterocycles. The first kappa shape index (κ1) is 23.7. The lowest BCUT2D eigenvalue weighted by Gasteiger charge is -2.28. The number of nitrogens with zero attached hydrogens (tertiary/aromatic N) is 1. The van der Waals surface area contributed by atoms with Crippen molar-refractivity contribution in [3.05, 3.63) is 66.0 Å². The molecule has 6 nitrogen and oxygen atoms in total. The van der Waals surface area contributed by atoms with Crippen LogP contribution in [0.1, 0.15) is 24.4 Å². The molecule has 0 aromatic heterocycles. The third-order valence-corrected chi connectivity index (χ3v) is 6.79. The molecule has 1 aliphatic rings. The van der Waals surface area contributed by atoms with Gasteiger partial charge in [-0.3, -0.25) is 10.1 Å². The van der Waals surface area contributed by atoms with Crippen molar-refractivity contribution in [1.29, 1.82) is 5.26 Å². The summed E-state index contributed by atoms with van der Waals surface area (Å²) in [6.07, 6.45) is -4.29. The lowest BCUT2D eigenvalue weighted by Crippen LogP contribution is -2.54. The van der Waals surface area contributed by atoms with Crippen LogP contribution >= 0.6 is 0 Å².